The number of likely N-dealkylation sites (tertiary alicyclic amines) is 1. The van der Waals surface area contributed by atoms with Crippen LogP contribution in [0.25, 0.3) is 0 Å². The zero-order valence-corrected chi connectivity index (χ0v) is 15.3. The molecule has 0 aromatic heterocycles. The third kappa shape index (κ3) is 3.65. The van der Waals surface area contributed by atoms with E-state index in [1.165, 1.54) is 0 Å². The van der Waals surface area contributed by atoms with Crippen LogP contribution in [0, 0.1) is 0 Å². The maximum Gasteiger partial charge on any atom is 0.342 e. The maximum atomic E-state index is 12.6. The summed E-state index contributed by atoms with van der Waals surface area (Å²) in [7, 11) is 0. The minimum absolute atomic E-state index is 0.0279. The minimum Gasteiger partial charge on any atom is -0.489 e. The lowest BCUT2D eigenvalue weighted by atomic mass is 9.97. The Kier molecular flexibility index (Phi) is 5.30. The molecule has 25 heavy (non-hydrogen) atoms. The third-order valence-electron chi connectivity index (χ3n) is 5.31. The van der Waals surface area contributed by atoms with Crippen molar-refractivity contribution in [3.63, 3.8) is 0 Å². The Balaban J connectivity index is 1.69. The SMILES string of the molecule is C[C@H](OC(=O)c1cccc2c1O[C@H](C)[C@H]2C)C(=O)N1CCCCCC1. The second kappa shape index (κ2) is 7.46. The van der Waals surface area contributed by atoms with Gasteiger partial charge in [-0.25, -0.2) is 4.79 Å². The molecule has 136 valence electrons. The second-order valence-electron chi connectivity index (χ2n) is 7.12. The minimum atomic E-state index is -0.780. The van der Waals surface area contributed by atoms with Gasteiger partial charge < -0.3 is 14.4 Å². The highest BCUT2D eigenvalue weighted by atomic mass is 16.6. The number of benzene rings is 1. The highest BCUT2D eigenvalue weighted by Gasteiger charge is 2.33. The van der Waals surface area contributed by atoms with Crippen molar-refractivity contribution in [2.75, 3.05) is 13.1 Å². The van der Waals surface area contributed by atoms with Crippen molar-refractivity contribution in [3.05, 3.63) is 29.3 Å². The molecule has 0 bridgehead atoms. The second-order valence-corrected chi connectivity index (χ2v) is 7.12. The molecule has 1 aromatic rings. The van der Waals surface area contributed by atoms with Crippen molar-refractivity contribution in [3.8, 4) is 5.75 Å². The van der Waals surface area contributed by atoms with Gasteiger partial charge in [-0.15, -0.1) is 0 Å². The molecule has 1 amide bonds. The van der Waals surface area contributed by atoms with E-state index in [9.17, 15) is 9.59 Å². The molecule has 3 atom stereocenters. The maximum absolute atomic E-state index is 12.6. The van der Waals surface area contributed by atoms with Crippen molar-refractivity contribution >= 4 is 11.9 Å². The quantitative estimate of drug-likeness (QED) is 0.787. The monoisotopic (exact) mass is 345 g/mol. The van der Waals surface area contributed by atoms with Gasteiger partial charge in [-0.2, -0.15) is 0 Å². The normalized spacial score (nSPS) is 24.0. The van der Waals surface area contributed by atoms with Crippen LogP contribution in [0.4, 0.5) is 0 Å². The van der Waals surface area contributed by atoms with Crippen LogP contribution in [0.5, 0.6) is 5.75 Å². The van der Waals surface area contributed by atoms with Crippen LogP contribution in [-0.4, -0.2) is 42.1 Å². The predicted molar refractivity (Wildman–Crippen MR) is 94.9 cm³/mol. The van der Waals surface area contributed by atoms with Crippen molar-refractivity contribution < 1.29 is 19.1 Å². The highest BCUT2D eigenvalue weighted by Crippen LogP contribution is 2.40. The third-order valence-corrected chi connectivity index (χ3v) is 5.31. The number of esters is 1. The largest absolute Gasteiger partial charge is 0.489 e. The zero-order chi connectivity index (χ0) is 18.0. The van der Waals surface area contributed by atoms with Crippen LogP contribution in [0.15, 0.2) is 18.2 Å². The van der Waals surface area contributed by atoms with Crippen molar-refractivity contribution in [1.82, 2.24) is 4.90 Å². The summed E-state index contributed by atoms with van der Waals surface area (Å²) in [6, 6.07) is 5.52. The van der Waals surface area contributed by atoms with Gasteiger partial charge in [0.2, 0.25) is 0 Å². The van der Waals surface area contributed by atoms with Gasteiger partial charge in [-0.05, 0) is 32.8 Å². The molecule has 1 fully saturated rings. The molecule has 2 heterocycles. The van der Waals surface area contributed by atoms with Gasteiger partial charge in [-0.3, -0.25) is 4.79 Å². The van der Waals surface area contributed by atoms with E-state index in [2.05, 4.69) is 6.92 Å². The number of carbonyl (C=O) groups is 2. The number of amides is 1. The van der Waals surface area contributed by atoms with E-state index in [-0.39, 0.29) is 17.9 Å². The topological polar surface area (TPSA) is 55.8 Å². The first-order chi connectivity index (χ1) is 12.0. The molecule has 0 radical (unpaired) electrons. The standard InChI is InChI=1S/C20H27NO4/c1-13-14(2)24-18-16(13)9-8-10-17(18)20(23)25-15(3)19(22)21-11-6-4-5-7-12-21/h8-10,13-15H,4-7,11-12H2,1-3H3/t13-,14-,15+/m1/s1. The smallest absolute Gasteiger partial charge is 0.342 e. The Bertz CT molecular complexity index is 649. The number of para-hydroxylation sites is 1. The molecule has 1 aromatic carbocycles. The molecule has 0 spiro atoms. The molecule has 0 unspecified atom stereocenters. The number of hydrogen-bond donors (Lipinski definition) is 0. The van der Waals surface area contributed by atoms with Crippen LogP contribution >= 0.6 is 0 Å². The van der Waals surface area contributed by atoms with E-state index in [4.69, 9.17) is 9.47 Å². The van der Waals surface area contributed by atoms with Gasteiger partial charge in [0.25, 0.3) is 5.91 Å². The lowest BCUT2D eigenvalue weighted by Crippen LogP contribution is -2.40. The fourth-order valence-electron chi connectivity index (χ4n) is 3.57. The lowest BCUT2D eigenvalue weighted by Gasteiger charge is -2.24. The summed E-state index contributed by atoms with van der Waals surface area (Å²) in [5.74, 6) is 0.236. The number of fused-ring (bicyclic) bond motifs is 1. The molecule has 1 saturated heterocycles. The first-order valence-electron chi connectivity index (χ1n) is 9.28. The van der Waals surface area contributed by atoms with E-state index in [0.717, 1.165) is 44.3 Å². The summed E-state index contributed by atoms with van der Waals surface area (Å²) in [6.45, 7) is 7.22. The molecular formula is C20H27NO4. The van der Waals surface area contributed by atoms with Crippen LogP contribution in [0.3, 0.4) is 0 Å². The molecule has 5 nitrogen and oxygen atoms in total. The Hall–Kier alpha value is -2.04. The fraction of sp³-hybridized carbons (Fsp3) is 0.600. The summed E-state index contributed by atoms with van der Waals surface area (Å²) in [4.78, 5) is 27.0. The fourth-order valence-corrected chi connectivity index (χ4v) is 3.57. The van der Waals surface area contributed by atoms with Gasteiger partial charge in [-0.1, -0.05) is 31.9 Å². The van der Waals surface area contributed by atoms with E-state index >= 15 is 0 Å². The number of nitrogens with zero attached hydrogens (tertiary/aromatic N) is 1. The van der Waals surface area contributed by atoms with Crippen molar-refractivity contribution in [2.45, 2.75) is 64.6 Å². The van der Waals surface area contributed by atoms with Gasteiger partial charge in [0.1, 0.15) is 17.4 Å². The van der Waals surface area contributed by atoms with Gasteiger partial charge in [0.05, 0.1) is 0 Å². The molecule has 2 aliphatic heterocycles. The first kappa shape index (κ1) is 17.8. The number of ether oxygens (including phenoxy) is 2. The average Bonchev–Trinajstić information content (AvgIpc) is 2.80. The lowest BCUT2D eigenvalue weighted by molar-refractivity contribution is -0.139. The van der Waals surface area contributed by atoms with Crippen LogP contribution in [0.1, 0.15) is 68.3 Å². The molecule has 3 rings (SSSR count). The molecule has 2 aliphatic rings. The van der Waals surface area contributed by atoms with Crippen molar-refractivity contribution in [1.29, 1.82) is 0 Å². The predicted octanol–water partition coefficient (Wildman–Crippen LogP) is 3.52. The summed E-state index contributed by atoms with van der Waals surface area (Å²) in [5, 5.41) is 0. The molecule has 0 aliphatic carbocycles. The van der Waals surface area contributed by atoms with Crippen molar-refractivity contribution in [2.24, 2.45) is 0 Å². The number of hydrogen-bond acceptors (Lipinski definition) is 4. The Morgan fingerprint density at radius 2 is 1.84 bits per heavy atom. The van der Waals surface area contributed by atoms with E-state index in [0.29, 0.717) is 11.3 Å². The van der Waals surface area contributed by atoms with E-state index in [1.54, 1.807) is 13.0 Å². The Morgan fingerprint density at radius 1 is 1.16 bits per heavy atom. The first-order valence-corrected chi connectivity index (χ1v) is 9.28. The van der Waals surface area contributed by atoms with E-state index < -0.39 is 12.1 Å². The summed E-state index contributed by atoms with van der Waals surface area (Å²) < 4.78 is 11.3. The summed E-state index contributed by atoms with van der Waals surface area (Å²) in [6.07, 6.45) is 3.59. The van der Waals surface area contributed by atoms with Gasteiger partial charge in [0, 0.05) is 24.6 Å². The van der Waals surface area contributed by atoms with Gasteiger partial charge in [0.15, 0.2) is 6.10 Å². The molecule has 0 saturated carbocycles. The molecule has 0 N–H and O–H groups in total. The highest BCUT2D eigenvalue weighted by molar-refractivity contribution is 5.95. The van der Waals surface area contributed by atoms with Gasteiger partial charge >= 0.3 is 5.97 Å². The van der Waals surface area contributed by atoms with E-state index in [1.807, 2.05) is 24.0 Å². The van der Waals surface area contributed by atoms with Crippen LogP contribution in [0.2, 0.25) is 0 Å². The molecule has 5 heteroatoms. The summed E-state index contributed by atoms with van der Waals surface area (Å²) >= 11 is 0. The Morgan fingerprint density at radius 3 is 2.52 bits per heavy atom. The number of carbonyl (C=O) groups excluding carboxylic acids is 2. The zero-order valence-electron chi connectivity index (χ0n) is 15.3. The Labute approximate surface area is 149 Å². The summed E-state index contributed by atoms with van der Waals surface area (Å²) in [5.41, 5.74) is 1.43. The number of rotatable bonds is 3. The van der Waals surface area contributed by atoms with Crippen LogP contribution < -0.4 is 4.74 Å². The average molecular weight is 345 g/mol. The van der Waals surface area contributed by atoms with Crippen LogP contribution in [-0.2, 0) is 9.53 Å². The molecular weight excluding hydrogens is 318 g/mol.